The number of rotatable bonds is 12. The molecule has 6 heteroatoms. The van der Waals surface area contributed by atoms with Crippen LogP contribution in [-0.4, -0.2) is 23.4 Å². The second-order valence-electron chi connectivity index (χ2n) is 7.86. The van der Waals surface area contributed by atoms with Crippen molar-refractivity contribution in [2.75, 3.05) is 13.4 Å². The Hall–Kier alpha value is -3.28. The Morgan fingerprint density at radius 2 is 1.53 bits per heavy atom. The molecular weight excluding hydrogens is 404 g/mol. The number of aromatic nitrogens is 2. The average molecular weight is 435 g/mol. The van der Waals surface area contributed by atoms with Crippen LogP contribution >= 0.6 is 0 Å². The van der Waals surface area contributed by atoms with E-state index in [4.69, 9.17) is 18.9 Å². The van der Waals surface area contributed by atoms with E-state index in [1.807, 2.05) is 42.5 Å². The summed E-state index contributed by atoms with van der Waals surface area (Å²) in [6.07, 6.45) is 11.0. The summed E-state index contributed by atoms with van der Waals surface area (Å²) in [5.74, 6) is 3.66. The molecule has 0 amide bonds. The smallest absolute Gasteiger partial charge is 0.231 e. The summed E-state index contributed by atoms with van der Waals surface area (Å²) in [6, 6.07) is 13.7. The van der Waals surface area contributed by atoms with Gasteiger partial charge in [0, 0.05) is 5.56 Å². The molecule has 2 heterocycles. The third-order valence-electron chi connectivity index (χ3n) is 5.35. The third-order valence-corrected chi connectivity index (χ3v) is 5.35. The predicted molar refractivity (Wildman–Crippen MR) is 123 cm³/mol. The highest BCUT2D eigenvalue weighted by Crippen LogP contribution is 2.32. The van der Waals surface area contributed by atoms with Gasteiger partial charge in [-0.1, -0.05) is 45.1 Å². The van der Waals surface area contributed by atoms with Gasteiger partial charge in [-0.15, -0.1) is 0 Å². The van der Waals surface area contributed by atoms with E-state index in [1.165, 1.54) is 32.1 Å². The lowest BCUT2D eigenvalue weighted by atomic mass is 10.1. The molecule has 1 aliphatic heterocycles. The maximum atomic E-state index is 5.85. The molecule has 1 aromatic heterocycles. The summed E-state index contributed by atoms with van der Waals surface area (Å²) in [7, 11) is 0. The lowest BCUT2D eigenvalue weighted by molar-refractivity contribution is 0.174. The fourth-order valence-corrected chi connectivity index (χ4v) is 3.51. The van der Waals surface area contributed by atoms with Crippen LogP contribution < -0.4 is 18.9 Å². The van der Waals surface area contributed by atoms with E-state index in [0.29, 0.717) is 18.2 Å². The van der Waals surface area contributed by atoms with Crippen LogP contribution in [0.2, 0.25) is 0 Å². The Labute approximate surface area is 189 Å². The molecule has 0 unspecified atom stereocenters. The van der Waals surface area contributed by atoms with E-state index >= 15 is 0 Å². The van der Waals surface area contributed by atoms with Gasteiger partial charge in [-0.2, -0.15) is 0 Å². The summed E-state index contributed by atoms with van der Waals surface area (Å²) in [6.45, 7) is 3.67. The fraction of sp³-hybridized carbons (Fsp3) is 0.385. The minimum atomic E-state index is 0.265. The number of hydrogen-bond donors (Lipinski definition) is 0. The number of unbranched alkanes of at least 4 members (excludes halogenated alkanes) is 5. The monoisotopic (exact) mass is 434 g/mol. The van der Waals surface area contributed by atoms with Crippen LogP contribution in [0.5, 0.6) is 23.0 Å². The molecule has 32 heavy (non-hydrogen) atoms. The molecule has 1 aliphatic rings. The van der Waals surface area contributed by atoms with Crippen molar-refractivity contribution in [2.45, 2.75) is 52.1 Å². The number of benzene rings is 2. The number of ether oxygens (including phenoxy) is 4. The minimum absolute atomic E-state index is 0.265. The molecule has 2 aromatic carbocycles. The van der Waals surface area contributed by atoms with Gasteiger partial charge in [-0.05, 0) is 48.4 Å². The molecule has 0 aliphatic carbocycles. The van der Waals surface area contributed by atoms with Crippen molar-refractivity contribution in [3.8, 4) is 34.4 Å². The van der Waals surface area contributed by atoms with Crippen LogP contribution in [0, 0.1) is 0 Å². The Morgan fingerprint density at radius 3 is 2.34 bits per heavy atom. The highest BCUT2D eigenvalue weighted by Gasteiger charge is 2.13. The van der Waals surface area contributed by atoms with Crippen molar-refractivity contribution in [1.29, 1.82) is 0 Å². The molecule has 0 radical (unpaired) electrons. The fourth-order valence-electron chi connectivity index (χ4n) is 3.51. The second kappa shape index (κ2) is 11.4. The van der Waals surface area contributed by atoms with Crippen LogP contribution in [0.25, 0.3) is 11.4 Å². The van der Waals surface area contributed by atoms with E-state index in [9.17, 15) is 0 Å². The van der Waals surface area contributed by atoms with Crippen molar-refractivity contribution in [3.63, 3.8) is 0 Å². The van der Waals surface area contributed by atoms with Gasteiger partial charge in [0.25, 0.3) is 0 Å². The highest BCUT2D eigenvalue weighted by atomic mass is 16.7. The van der Waals surface area contributed by atoms with Gasteiger partial charge >= 0.3 is 0 Å². The first-order chi connectivity index (χ1) is 15.8. The SMILES string of the molecule is CCCCCCCCOc1ccc(-c2ncc(OCc3ccc4c(c3)OCO4)cn2)cc1. The van der Waals surface area contributed by atoms with E-state index < -0.39 is 0 Å². The molecule has 0 spiro atoms. The van der Waals surface area contributed by atoms with Crippen molar-refractivity contribution in [1.82, 2.24) is 9.97 Å². The van der Waals surface area contributed by atoms with Crippen LogP contribution in [0.4, 0.5) is 0 Å². The predicted octanol–water partition coefficient (Wildman–Crippen LogP) is 6.19. The van der Waals surface area contributed by atoms with Gasteiger partial charge in [0.1, 0.15) is 12.4 Å². The largest absolute Gasteiger partial charge is 0.494 e. The first-order valence-electron chi connectivity index (χ1n) is 11.4. The van der Waals surface area contributed by atoms with Crippen LogP contribution in [0.3, 0.4) is 0 Å². The average Bonchev–Trinajstić information content (AvgIpc) is 3.31. The Morgan fingerprint density at radius 1 is 0.781 bits per heavy atom. The third kappa shape index (κ3) is 6.13. The maximum Gasteiger partial charge on any atom is 0.231 e. The van der Waals surface area contributed by atoms with E-state index in [-0.39, 0.29) is 6.79 Å². The van der Waals surface area contributed by atoms with Crippen LogP contribution in [-0.2, 0) is 6.61 Å². The standard InChI is InChI=1S/C26H30N2O4/c1-2-3-4-5-6-7-14-29-22-11-9-21(10-12-22)26-27-16-23(17-28-26)30-18-20-8-13-24-25(15-20)32-19-31-24/h8-13,15-17H,2-7,14,18-19H2,1H3. The van der Waals surface area contributed by atoms with Gasteiger partial charge < -0.3 is 18.9 Å². The molecule has 0 atom stereocenters. The summed E-state index contributed by atoms with van der Waals surface area (Å²) in [5.41, 5.74) is 1.94. The molecule has 6 nitrogen and oxygen atoms in total. The first kappa shape index (κ1) is 21.9. The zero-order valence-corrected chi connectivity index (χ0v) is 18.6. The summed E-state index contributed by atoms with van der Waals surface area (Å²) in [4.78, 5) is 8.88. The lowest BCUT2D eigenvalue weighted by Crippen LogP contribution is -1.98. The molecule has 168 valence electrons. The molecule has 3 aromatic rings. The molecule has 0 fully saturated rings. The molecule has 4 rings (SSSR count). The van der Waals surface area contributed by atoms with E-state index in [1.54, 1.807) is 12.4 Å². The number of hydrogen-bond acceptors (Lipinski definition) is 6. The van der Waals surface area contributed by atoms with Crippen molar-refractivity contribution >= 4 is 0 Å². The lowest BCUT2D eigenvalue weighted by Gasteiger charge is -2.08. The molecule has 0 saturated carbocycles. The highest BCUT2D eigenvalue weighted by molar-refractivity contribution is 5.56. The van der Waals surface area contributed by atoms with Gasteiger partial charge in [-0.25, -0.2) is 9.97 Å². The van der Waals surface area contributed by atoms with Crippen molar-refractivity contribution in [3.05, 3.63) is 60.4 Å². The zero-order valence-electron chi connectivity index (χ0n) is 18.6. The number of fused-ring (bicyclic) bond motifs is 1. The van der Waals surface area contributed by atoms with Crippen molar-refractivity contribution in [2.24, 2.45) is 0 Å². The summed E-state index contributed by atoms with van der Waals surface area (Å²) >= 11 is 0. The summed E-state index contributed by atoms with van der Waals surface area (Å²) < 4.78 is 22.4. The molecule has 0 saturated heterocycles. The zero-order chi connectivity index (χ0) is 22.0. The normalized spacial score (nSPS) is 12.0. The Bertz CT molecular complexity index is 974. The van der Waals surface area contributed by atoms with Crippen LogP contribution in [0.1, 0.15) is 51.0 Å². The topological polar surface area (TPSA) is 62.7 Å². The minimum Gasteiger partial charge on any atom is -0.494 e. The molecular formula is C26H30N2O4. The van der Waals surface area contributed by atoms with Gasteiger partial charge in [0.05, 0.1) is 19.0 Å². The maximum absolute atomic E-state index is 5.85. The van der Waals surface area contributed by atoms with Gasteiger partial charge in [0.15, 0.2) is 23.1 Å². The number of nitrogens with zero attached hydrogens (tertiary/aromatic N) is 2. The second-order valence-corrected chi connectivity index (χ2v) is 7.86. The van der Waals surface area contributed by atoms with E-state index in [2.05, 4.69) is 16.9 Å². The van der Waals surface area contributed by atoms with E-state index in [0.717, 1.165) is 41.4 Å². The molecule has 0 N–H and O–H groups in total. The molecule has 0 bridgehead atoms. The van der Waals surface area contributed by atoms with Crippen LogP contribution in [0.15, 0.2) is 54.9 Å². The van der Waals surface area contributed by atoms with Gasteiger partial charge in [0.2, 0.25) is 6.79 Å². The quantitative estimate of drug-likeness (QED) is 0.317. The first-order valence-corrected chi connectivity index (χ1v) is 11.4. The van der Waals surface area contributed by atoms with Gasteiger partial charge in [-0.3, -0.25) is 0 Å². The van der Waals surface area contributed by atoms with Crippen molar-refractivity contribution < 1.29 is 18.9 Å². The Balaban J connectivity index is 1.23. The summed E-state index contributed by atoms with van der Waals surface area (Å²) in [5, 5.41) is 0. The Kier molecular flexibility index (Phi) is 7.79.